The Morgan fingerprint density at radius 3 is 2.55 bits per heavy atom. The van der Waals surface area contributed by atoms with Crippen LogP contribution >= 0.6 is 0 Å². The van der Waals surface area contributed by atoms with Gasteiger partial charge in [0.15, 0.2) is 0 Å². The van der Waals surface area contributed by atoms with Crippen LogP contribution in [0.1, 0.15) is 51.5 Å². The van der Waals surface area contributed by atoms with Crippen molar-refractivity contribution >= 4 is 5.69 Å². The van der Waals surface area contributed by atoms with E-state index >= 15 is 0 Å². The number of nitrogens with one attached hydrogen (secondary N) is 1. The minimum atomic E-state index is 0.696. The lowest BCUT2D eigenvalue weighted by atomic mass is 10.1. The van der Waals surface area contributed by atoms with Gasteiger partial charge in [-0.05, 0) is 36.9 Å². The molecular formula is C17H29N3. The molecule has 3 heteroatoms. The monoisotopic (exact) mass is 275 g/mol. The molecule has 112 valence electrons. The lowest BCUT2D eigenvalue weighted by Crippen LogP contribution is -2.29. The highest BCUT2D eigenvalue weighted by Crippen LogP contribution is 2.22. The van der Waals surface area contributed by atoms with E-state index in [1.807, 2.05) is 12.4 Å². The molecule has 0 aliphatic carbocycles. The summed E-state index contributed by atoms with van der Waals surface area (Å²) in [5, 5.41) is 3.55. The number of rotatable bonds is 5. The summed E-state index contributed by atoms with van der Waals surface area (Å²) in [5.41, 5.74) is 2.73. The summed E-state index contributed by atoms with van der Waals surface area (Å²) in [6.45, 7) is 8.89. The van der Waals surface area contributed by atoms with Gasteiger partial charge in [-0.15, -0.1) is 0 Å². The number of hydrogen-bond acceptors (Lipinski definition) is 3. The van der Waals surface area contributed by atoms with Crippen molar-refractivity contribution in [3.05, 3.63) is 24.0 Å². The van der Waals surface area contributed by atoms with E-state index < -0.39 is 0 Å². The summed E-state index contributed by atoms with van der Waals surface area (Å²) in [5.74, 6) is 0.696. The van der Waals surface area contributed by atoms with Crippen molar-refractivity contribution in [1.29, 1.82) is 0 Å². The first-order valence-electron chi connectivity index (χ1n) is 8.16. The summed E-state index contributed by atoms with van der Waals surface area (Å²) in [4.78, 5) is 6.89. The van der Waals surface area contributed by atoms with E-state index in [0.717, 1.165) is 13.1 Å². The van der Waals surface area contributed by atoms with Crippen molar-refractivity contribution in [3.63, 3.8) is 0 Å². The van der Waals surface area contributed by atoms with E-state index in [1.165, 1.54) is 56.4 Å². The van der Waals surface area contributed by atoms with Crippen LogP contribution < -0.4 is 10.2 Å². The maximum absolute atomic E-state index is 4.35. The predicted octanol–water partition coefficient (Wildman–Crippen LogP) is 3.60. The maximum Gasteiger partial charge on any atom is 0.0598 e. The molecule has 20 heavy (non-hydrogen) atoms. The third-order valence-electron chi connectivity index (χ3n) is 3.95. The van der Waals surface area contributed by atoms with Gasteiger partial charge in [-0.25, -0.2) is 0 Å². The van der Waals surface area contributed by atoms with Gasteiger partial charge in [0.25, 0.3) is 0 Å². The van der Waals surface area contributed by atoms with Crippen LogP contribution in [0.5, 0.6) is 0 Å². The van der Waals surface area contributed by atoms with Gasteiger partial charge in [0.2, 0.25) is 0 Å². The van der Waals surface area contributed by atoms with Gasteiger partial charge in [0.05, 0.1) is 11.9 Å². The van der Waals surface area contributed by atoms with Crippen molar-refractivity contribution in [1.82, 2.24) is 10.3 Å². The third kappa shape index (κ3) is 4.78. The first-order valence-corrected chi connectivity index (χ1v) is 8.16. The van der Waals surface area contributed by atoms with Crippen LogP contribution in [0, 0.1) is 5.92 Å². The van der Waals surface area contributed by atoms with Gasteiger partial charge in [0, 0.05) is 25.8 Å². The van der Waals surface area contributed by atoms with Crippen molar-refractivity contribution in [3.8, 4) is 0 Å². The molecule has 0 amide bonds. The Morgan fingerprint density at radius 2 is 1.85 bits per heavy atom. The highest BCUT2D eigenvalue weighted by atomic mass is 15.1. The standard InChI is InChI=1S/C17H29N3/c1-15(2)12-19-13-16-8-9-18-14-17(16)20-10-6-4-3-5-7-11-20/h8-9,14-15,19H,3-7,10-13H2,1-2H3. The van der Waals surface area contributed by atoms with E-state index in [2.05, 4.69) is 35.1 Å². The van der Waals surface area contributed by atoms with Gasteiger partial charge in [-0.2, -0.15) is 0 Å². The van der Waals surface area contributed by atoms with E-state index in [1.54, 1.807) is 0 Å². The summed E-state index contributed by atoms with van der Waals surface area (Å²) in [6.07, 6.45) is 10.7. The first-order chi connectivity index (χ1) is 9.77. The second-order valence-corrected chi connectivity index (χ2v) is 6.28. The lowest BCUT2D eigenvalue weighted by molar-refractivity contribution is 0.544. The molecule has 1 aromatic rings. The lowest BCUT2D eigenvalue weighted by Gasteiger charge is -2.28. The fourth-order valence-electron chi connectivity index (χ4n) is 2.83. The molecule has 0 aromatic carbocycles. The highest BCUT2D eigenvalue weighted by molar-refractivity contribution is 5.51. The average Bonchev–Trinajstić information content (AvgIpc) is 2.39. The molecule has 0 atom stereocenters. The van der Waals surface area contributed by atoms with Crippen molar-refractivity contribution in [2.24, 2.45) is 5.92 Å². The van der Waals surface area contributed by atoms with Crippen LogP contribution in [-0.2, 0) is 6.54 Å². The highest BCUT2D eigenvalue weighted by Gasteiger charge is 2.12. The molecule has 1 aromatic heterocycles. The Bertz CT molecular complexity index is 382. The molecule has 3 nitrogen and oxygen atoms in total. The maximum atomic E-state index is 4.35. The zero-order chi connectivity index (χ0) is 14.2. The number of aromatic nitrogens is 1. The topological polar surface area (TPSA) is 28.2 Å². The zero-order valence-corrected chi connectivity index (χ0v) is 13.1. The van der Waals surface area contributed by atoms with Crippen LogP contribution in [-0.4, -0.2) is 24.6 Å². The Labute approximate surface area is 123 Å². The molecule has 0 saturated carbocycles. The molecular weight excluding hydrogens is 246 g/mol. The smallest absolute Gasteiger partial charge is 0.0598 e. The summed E-state index contributed by atoms with van der Waals surface area (Å²) in [7, 11) is 0. The van der Waals surface area contributed by atoms with Crippen molar-refractivity contribution in [2.45, 2.75) is 52.5 Å². The number of nitrogens with zero attached hydrogens (tertiary/aromatic N) is 2. The van der Waals surface area contributed by atoms with Crippen LogP contribution in [0.25, 0.3) is 0 Å². The zero-order valence-electron chi connectivity index (χ0n) is 13.1. The van der Waals surface area contributed by atoms with Gasteiger partial charge >= 0.3 is 0 Å². The number of hydrogen-bond donors (Lipinski definition) is 1. The molecule has 2 rings (SSSR count). The van der Waals surface area contributed by atoms with Crippen LogP contribution in [0.3, 0.4) is 0 Å². The molecule has 1 fully saturated rings. The number of anilines is 1. The minimum absolute atomic E-state index is 0.696. The molecule has 1 N–H and O–H groups in total. The third-order valence-corrected chi connectivity index (χ3v) is 3.95. The van der Waals surface area contributed by atoms with Crippen LogP contribution in [0.4, 0.5) is 5.69 Å². The van der Waals surface area contributed by atoms with Crippen molar-refractivity contribution < 1.29 is 0 Å². The SMILES string of the molecule is CC(C)CNCc1ccncc1N1CCCCCCC1. The first kappa shape index (κ1) is 15.3. The Morgan fingerprint density at radius 1 is 1.15 bits per heavy atom. The fraction of sp³-hybridized carbons (Fsp3) is 0.706. The summed E-state index contributed by atoms with van der Waals surface area (Å²) < 4.78 is 0. The second kappa shape index (κ2) is 8.25. The van der Waals surface area contributed by atoms with E-state index in [4.69, 9.17) is 0 Å². The van der Waals surface area contributed by atoms with E-state index in [9.17, 15) is 0 Å². The normalized spacial score (nSPS) is 17.1. The fourth-order valence-corrected chi connectivity index (χ4v) is 2.83. The molecule has 0 bridgehead atoms. The Kier molecular flexibility index (Phi) is 6.31. The molecule has 1 aliphatic heterocycles. The molecule has 1 saturated heterocycles. The second-order valence-electron chi connectivity index (χ2n) is 6.28. The van der Waals surface area contributed by atoms with Gasteiger partial charge in [-0.1, -0.05) is 33.1 Å². The Balaban J connectivity index is 2.01. The van der Waals surface area contributed by atoms with E-state index in [0.29, 0.717) is 5.92 Å². The molecule has 0 spiro atoms. The average molecular weight is 275 g/mol. The van der Waals surface area contributed by atoms with Crippen LogP contribution in [0.15, 0.2) is 18.5 Å². The van der Waals surface area contributed by atoms with E-state index in [-0.39, 0.29) is 0 Å². The molecule has 0 radical (unpaired) electrons. The summed E-state index contributed by atoms with van der Waals surface area (Å²) in [6, 6.07) is 2.17. The number of pyridine rings is 1. The van der Waals surface area contributed by atoms with Crippen molar-refractivity contribution in [2.75, 3.05) is 24.5 Å². The Hall–Kier alpha value is -1.09. The molecule has 0 unspecified atom stereocenters. The molecule has 1 aliphatic rings. The quantitative estimate of drug-likeness (QED) is 0.890. The molecule has 2 heterocycles. The van der Waals surface area contributed by atoms with Gasteiger partial charge in [0.1, 0.15) is 0 Å². The van der Waals surface area contributed by atoms with Crippen LogP contribution in [0.2, 0.25) is 0 Å². The van der Waals surface area contributed by atoms with Gasteiger partial charge in [-0.3, -0.25) is 4.98 Å². The predicted molar refractivity (Wildman–Crippen MR) is 86.1 cm³/mol. The minimum Gasteiger partial charge on any atom is -0.370 e. The summed E-state index contributed by atoms with van der Waals surface area (Å²) >= 11 is 0. The largest absolute Gasteiger partial charge is 0.370 e. The van der Waals surface area contributed by atoms with Gasteiger partial charge < -0.3 is 10.2 Å².